The quantitative estimate of drug-likeness (QED) is 0.717. The molecule has 0 aliphatic carbocycles. The van der Waals surface area contributed by atoms with E-state index in [0.717, 1.165) is 29.9 Å². The third kappa shape index (κ3) is 4.39. The van der Waals surface area contributed by atoms with Gasteiger partial charge in [-0.2, -0.15) is 22.6 Å². The van der Waals surface area contributed by atoms with Gasteiger partial charge in [-0.05, 0) is 32.4 Å². The van der Waals surface area contributed by atoms with Crippen molar-refractivity contribution in [2.24, 2.45) is 4.99 Å². The third-order valence-electron chi connectivity index (χ3n) is 4.08. The number of hydrogen-bond donors (Lipinski definition) is 1. The monoisotopic (exact) mass is 433 g/mol. The normalized spacial score (nSPS) is 18.4. The number of rotatable bonds is 4. The second-order valence-electron chi connectivity index (χ2n) is 6.61. The molecule has 1 aliphatic rings. The molecular weight excluding hydrogens is 414 g/mol. The topological polar surface area (TPSA) is 64.9 Å². The molecule has 0 fully saturated rings. The van der Waals surface area contributed by atoms with Crippen LogP contribution in [0, 0.1) is 6.92 Å². The van der Waals surface area contributed by atoms with Crippen LogP contribution in [-0.4, -0.2) is 28.9 Å². The average molecular weight is 433 g/mol. The Labute approximate surface area is 167 Å². The zero-order valence-corrected chi connectivity index (χ0v) is 16.7. The molecule has 11 heteroatoms. The van der Waals surface area contributed by atoms with Crippen LogP contribution in [0.3, 0.4) is 0 Å². The van der Waals surface area contributed by atoms with E-state index in [9.17, 15) is 22.4 Å². The average Bonchev–Trinajstić information content (AvgIpc) is 2.95. The molecule has 1 aromatic carbocycles. The number of ether oxygens (including phenoxy) is 2. The van der Waals surface area contributed by atoms with E-state index in [2.05, 4.69) is 19.8 Å². The molecule has 2 aromatic rings. The van der Waals surface area contributed by atoms with Crippen LogP contribution in [0.2, 0.25) is 0 Å². The highest BCUT2D eigenvalue weighted by Gasteiger charge is 2.65. The molecule has 2 heterocycles. The Morgan fingerprint density at radius 3 is 2.55 bits per heavy atom. The molecule has 1 unspecified atom stereocenters. The predicted octanol–water partition coefficient (Wildman–Crippen LogP) is 4.60. The lowest BCUT2D eigenvalue weighted by molar-refractivity contribution is -0.391. The molecule has 1 atom stereocenters. The molecule has 6 nitrogen and oxygen atoms in total. The minimum Gasteiger partial charge on any atom is -0.421 e. The SMILES string of the molecule is CCCC(C)NC(=O)/N=c1\sc(C)cn1-c1ccc2c(c1)OC(F)(F)C(F)(F)O2. The van der Waals surface area contributed by atoms with Crippen molar-refractivity contribution in [1.29, 1.82) is 0 Å². The fourth-order valence-corrected chi connectivity index (χ4v) is 3.59. The Balaban J connectivity index is 1.95. The first-order valence-corrected chi connectivity index (χ1v) is 9.66. The summed E-state index contributed by atoms with van der Waals surface area (Å²) in [6, 6.07) is 3.02. The first-order chi connectivity index (χ1) is 13.5. The van der Waals surface area contributed by atoms with Crippen molar-refractivity contribution in [3.05, 3.63) is 34.1 Å². The van der Waals surface area contributed by atoms with Crippen LogP contribution in [0.15, 0.2) is 29.4 Å². The number of thiazole rings is 1. The second kappa shape index (κ2) is 7.69. The zero-order chi connectivity index (χ0) is 21.4. The maximum Gasteiger partial charge on any atom is 0.507 e. The van der Waals surface area contributed by atoms with Gasteiger partial charge in [0.2, 0.25) is 0 Å². The smallest absolute Gasteiger partial charge is 0.421 e. The number of amides is 2. The van der Waals surface area contributed by atoms with E-state index in [1.54, 1.807) is 13.1 Å². The van der Waals surface area contributed by atoms with Crippen LogP contribution < -0.4 is 19.6 Å². The minimum absolute atomic E-state index is 0.0519. The van der Waals surface area contributed by atoms with Crippen molar-refractivity contribution < 1.29 is 31.8 Å². The van der Waals surface area contributed by atoms with Gasteiger partial charge in [-0.25, -0.2) is 4.79 Å². The van der Waals surface area contributed by atoms with Crippen LogP contribution in [0.25, 0.3) is 5.69 Å². The maximum atomic E-state index is 13.5. The summed E-state index contributed by atoms with van der Waals surface area (Å²) in [5.74, 6) is -1.05. The largest absolute Gasteiger partial charge is 0.507 e. The molecule has 1 aromatic heterocycles. The van der Waals surface area contributed by atoms with E-state index >= 15 is 0 Å². The number of aromatic nitrogens is 1. The maximum absolute atomic E-state index is 13.5. The number of halogens is 4. The number of aryl methyl sites for hydroxylation is 1. The van der Waals surface area contributed by atoms with Crippen LogP contribution >= 0.6 is 11.3 Å². The summed E-state index contributed by atoms with van der Waals surface area (Å²) in [4.78, 5) is 17.3. The third-order valence-corrected chi connectivity index (χ3v) is 4.98. The van der Waals surface area contributed by atoms with Crippen molar-refractivity contribution >= 4 is 17.4 Å². The van der Waals surface area contributed by atoms with Crippen molar-refractivity contribution in [2.45, 2.75) is 51.9 Å². The minimum atomic E-state index is -4.81. The van der Waals surface area contributed by atoms with Gasteiger partial charge in [0.15, 0.2) is 16.3 Å². The lowest BCUT2D eigenvalue weighted by Crippen LogP contribution is -2.52. The Kier molecular flexibility index (Phi) is 5.61. The fraction of sp³-hybridized carbons (Fsp3) is 0.444. The Morgan fingerprint density at radius 1 is 1.24 bits per heavy atom. The molecule has 0 spiro atoms. The van der Waals surface area contributed by atoms with Crippen molar-refractivity contribution in [1.82, 2.24) is 9.88 Å². The molecule has 0 bridgehead atoms. The number of nitrogens with one attached hydrogen (secondary N) is 1. The molecule has 0 radical (unpaired) electrons. The first-order valence-electron chi connectivity index (χ1n) is 8.85. The van der Waals surface area contributed by atoms with Crippen molar-refractivity contribution in [3.8, 4) is 17.2 Å². The zero-order valence-electron chi connectivity index (χ0n) is 15.8. The molecule has 0 saturated carbocycles. The molecule has 1 aliphatic heterocycles. The molecule has 0 saturated heterocycles. The standard InChI is InChI=1S/C18H19F4N3O3S/c1-4-5-10(2)23-15(26)24-16-25(9-11(3)29-16)12-6-7-13-14(8-12)28-18(21,22)17(19,20)27-13/h6-10H,4-5H2,1-3H3,(H,23,26)/b24-16-. The van der Waals surface area contributed by atoms with E-state index in [-0.39, 0.29) is 10.8 Å². The van der Waals surface area contributed by atoms with Crippen LogP contribution in [0.1, 0.15) is 31.6 Å². The molecule has 2 amide bonds. The van der Waals surface area contributed by atoms with E-state index in [1.807, 2.05) is 13.8 Å². The van der Waals surface area contributed by atoms with Crippen LogP contribution in [-0.2, 0) is 0 Å². The molecule has 1 N–H and O–H groups in total. The van der Waals surface area contributed by atoms with E-state index < -0.39 is 29.7 Å². The fourth-order valence-electron chi connectivity index (χ4n) is 2.76. The summed E-state index contributed by atoms with van der Waals surface area (Å²) in [6.07, 6.45) is -6.24. The number of urea groups is 1. The van der Waals surface area contributed by atoms with Gasteiger partial charge in [-0.1, -0.05) is 13.3 Å². The summed E-state index contributed by atoms with van der Waals surface area (Å²) in [5, 5.41) is 2.75. The molecular formula is C18H19F4N3O3S. The highest BCUT2D eigenvalue weighted by Crippen LogP contribution is 2.47. The second-order valence-corrected chi connectivity index (χ2v) is 7.83. The Hall–Kier alpha value is -2.56. The number of carbonyl (C=O) groups excluding carboxylic acids is 1. The van der Waals surface area contributed by atoms with Crippen LogP contribution in [0.5, 0.6) is 11.5 Å². The summed E-state index contributed by atoms with van der Waals surface area (Å²) in [6.45, 7) is 5.64. The molecule has 29 heavy (non-hydrogen) atoms. The molecule has 158 valence electrons. The highest BCUT2D eigenvalue weighted by atomic mass is 32.1. The first kappa shape index (κ1) is 21.2. The summed E-state index contributed by atoms with van der Waals surface area (Å²) in [5.41, 5.74) is 0.297. The number of benzene rings is 1. The Morgan fingerprint density at radius 2 is 1.90 bits per heavy atom. The van der Waals surface area contributed by atoms with E-state index in [1.165, 1.54) is 22.0 Å². The van der Waals surface area contributed by atoms with Crippen LogP contribution in [0.4, 0.5) is 22.4 Å². The van der Waals surface area contributed by atoms with Gasteiger partial charge in [0.1, 0.15) is 0 Å². The highest BCUT2D eigenvalue weighted by molar-refractivity contribution is 7.09. The van der Waals surface area contributed by atoms with Gasteiger partial charge in [0, 0.05) is 23.2 Å². The summed E-state index contributed by atoms with van der Waals surface area (Å²) < 4.78 is 63.3. The number of alkyl halides is 4. The number of fused-ring (bicyclic) bond motifs is 1. The predicted molar refractivity (Wildman–Crippen MR) is 98.0 cm³/mol. The van der Waals surface area contributed by atoms with Gasteiger partial charge in [-0.3, -0.25) is 4.57 Å². The lowest BCUT2D eigenvalue weighted by atomic mass is 10.2. The number of hydrogen-bond acceptors (Lipinski definition) is 4. The van der Waals surface area contributed by atoms with Gasteiger partial charge >= 0.3 is 18.2 Å². The number of carbonyl (C=O) groups is 1. The van der Waals surface area contributed by atoms with Gasteiger partial charge in [0.05, 0.1) is 5.69 Å². The van der Waals surface area contributed by atoms with Crippen molar-refractivity contribution in [2.75, 3.05) is 0 Å². The summed E-state index contributed by atoms with van der Waals surface area (Å²) in [7, 11) is 0. The van der Waals surface area contributed by atoms with Crippen molar-refractivity contribution in [3.63, 3.8) is 0 Å². The van der Waals surface area contributed by atoms with Gasteiger partial charge in [-0.15, -0.1) is 11.3 Å². The Bertz CT molecular complexity index is 987. The lowest BCUT2D eigenvalue weighted by Gasteiger charge is -2.31. The van der Waals surface area contributed by atoms with E-state index in [0.29, 0.717) is 5.69 Å². The summed E-state index contributed by atoms with van der Waals surface area (Å²) >= 11 is 1.21. The number of nitrogens with zero attached hydrogens (tertiary/aromatic N) is 2. The van der Waals surface area contributed by atoms with E-state index in [4.69, 9.17) is 0 Å². The van der Waals surface area contributed by atoms with Gasteiger partial charge < -0.3 is 14.8 Å². The molecule has 3 rings (SSSR count). The van der Waals surface area contributed by atoms with Gasteiger partial charge in [0.25, 0.3) is 0 Å².